The van der Waals surface area contributed by atoms with Gasteiger partial charge in [-0.15, -0.1) is 0 Å². The van der Waals surface area contributed by atoms with Gasteiger partial charge in [0.05, 0.1) is 44.9 Å². The smallest absolute Gasteiger partial charge is 0.0916 e. The molecule has 8 nitrogen and oxygen atoms in total. The third-order valence-corrected chi connectivity index (χ3v) is 7.91. The first-order valence-electron chi connectivity index (χ1n) is 13.4. The van der Waals surface area contributed by atoms with Gasteiger partial charge in [-0.3, -0.25) is 14.7 Å². The zero-order chi connectivity index (χ0) is 25.8. The molecule has 0 N–H and O–H groups in total. The molecule has 8 heteroatoms. The Kier molecular flexibility index (Phi) is 7.42. The first-order chi connectivity index (χ1) is 18.8. The highest BCUT2D eigenvalue weighted by atomic mass is 16.5. The van der Waals surface area contributed by atoms with E-state index in [1.807, 2.05) is 0 Å². The van der Waals surface area contributed by atoms with E-state index >= 15 is 0 Å². The molecule has 0 atom stereocenters. The van der Waals surface area contributed by atoms with E-state index < -0.39 is 0 Å². The minimum absolute atomic E-state index is 0.00689. The lowest BCUT2D eigenvalue weighted by atomic mass is 9.76. The quantitative estimate of drug-likeness (QED) is 0.150. The Balaban J connectivity index is 1.30. The van der Waals surface area contributed by atoms with Crippen LogP contribution in [-0.2, 0) is 9.47 Å². The average Bonchev–Trinajstić information content (AvgIpc) is 2.96. The highest BCUT2D eigenvalue weighted by molar-refractivity contribution is 5.31. The van der Waals surface area contributed by atoms with E-state index in [2.05, 4.69) is 116 Å². The molecule has 0 aromatic heterocycles. The Morgan fingerprint density at radius 1 is 0.658 bits per heavy atom. The van der Waals surface area contributed by atoms with Crippen molar-refractivity contribution in [3.63, 3.8) is 0 Å². The average molecular weight is 511 g/mol. The van der Waals surface area contributed by atoms with E-state index in [9.17, 15) is 0 Å². The molecule has 7 rings (SSSR count). The molecule has 3 aromatic rings. The van der Waals surface area contributed by atoms with Crippen LogP contribution < -0.4 is 0 Å². The number of nitrogens with zero attached hydrogens (tertiary/aromatic N) is 6. The van der Waals surface area contributed by atoms with Gasteiger partial charge in [0.25, 0.3) is 0 Å². The molecule has 196 valence electrons. The Bertz CT molecular complexity index is 1100. The van der Waals surface area contributed by atoms with E-state index in [1.165, 1.54) is 16.7 Å². The molecule has 0 spiro atoms. The van der Waals surface area contributed by atoms with E-state index in [0.29, 0.717) is 33.0 Å². The SMILES string of the molecule is [N-]=[N+]=NCCOCCOCC12CN3C(c4ccccc4)N(C1)C(c1ccccc1)N(C2)C3c1ccccc1. The van der Waals surface area contributed by atoms with Gasteiger partial charge in [0, 0.05) is 36.5 Å². The third-order valence-electron chi connectivity index (χ3n) is 7.91. The largest absolute Gasteiger partial charge is 0.379 e. The van der Waals surface area contributed by atoms with Crippen LogP contribution in [0.4, 0.5) is 0 Å². The van der Waals surface area contributed by atoms with Crippen molar-refractivity contribution in [2.24, 2.45) is 10.5 Å². The monoisotopic (exact) mass is 510 g/mol. The number of hydrogen-bond donors (Lipinski definition) is 0. The molecule has 4 heterocycles. The van der Waals surface area contributed by atoms with E-state index in [4.69, 9.17) is 15.0 Å². The molecular formula is C30H34N6O2. The molecule has 0 saturated carbocycles. The number of benzene rings is 3. The fourth-order valence-electron chi connectivity index (χ4n) is 6.62. The Hall–Kier alpha value is -3.23. The standard InChI is InChI=1S/C30H34N6O2/c31-33-32-16-17-37-18-19-38-23-30-20-34-27(24-10-4-1-5-11-24)35(21-30)29(26-14-8-3-9-15-26)36(22-30)28(34)25-12-6-2-7-13-25/h1-15,27-29H,16-23H2. The van der Waals surface area contributed by atoms with Crippen molar-refractivity contribution in [2.45, 2.75) is 18.5 Å². The van der Waals surface area contributed by atoms with Gasteiger partial charge in [-0.1, -0.05) is 96.1 Å². The molecule has 4 bridgehead atoms. The van der Waals surface area contributed by atoms with Crippen molar-refractivity contribution in [3.05, 3.63) is 118 Å². The van der Waals surface area contributed by atoms with Crippen LogP contribution in [0, 0.1) is 5.41 Å². The predicted octanol–water partition coefficient (Wildman–Crippen LogP) is 5.36. The molecule has 0 unspecified atom stereocenters. The van der Waals surface area contributed by atoms with Crippen LogP contribution >= 0.6 is 0 Å². The molecule has 0 aliphatic carbocycles. The summed E-state index contributed by atoms with van der Waals surface area (Å²) in [6, 6.07) is 32.8. The van der Waals surface area contributed by atoms with Crippen LogP contribution in [0.25, 0.3) is 10.4 Å². The normalized spacial score (nSPS) is 31.2. The number of rotatable bonds is 11. The second kappa shape index (κ2) is 11.3. The van der Waals surface area contributed by atoms with Gasteiger partial charge in [-0.05, 0) is 22.2 Å². The Labute approximate surface area is 224 Å². The minimum Gasteiger partial charge on any atom is -0.379 e. The highest BCUT2D eigenvalue weighted by Crippen LogP contribution is 2.57. The summed E-state index contributed by atoms with van der Waals surface area (Å²) < 4.78 is 11.8. The molecule has 0 amide bonds. The fraction of sp³-hybridized carbons (Fsp3) is 0.400. The molecule has 4 fully saturated rings. The molecule has 38 heavy (non-hydrogen) atoms. The maximum atomic E-state index is 8.40. The van der Waals surface area contributed by atoms with Crippen molar-refractivity contribution in [1.29, 1.82) is 0 Å². The first kappa shape index (κ1) is 25.1. The van der Waals surface area contributed by atoms with Gasteiger partial charge in [0.2, 0.25) is 0 Å². The lowest BCUT2D eigenvalue weighted by molar-refractivity contribution is -0.293. The molecule has 4 aliphatic heterocycles. The van der Waals surface area contributed by atoms with Crippen LogP contribution in [0.3, 0.4) is 0 Å². The lowest BCUT2D eigenvalue weighted by Crippen LogP contribution is -2.75. The maximum absolute atomic E-state index is 8.40. The van der Waals surface area contributed by atoms with Crippen molar-refractivity contribution in [3.8, 4) is 0 Å². The van der Waals surface area contributed by atoms with Crippen molar-refractivity contribution in [2.75, 3.05) is 52.6 Å². The zero-order valence-corrected chi connectivity index (χ0v) is 21.5. The summed E-state index contributed by atoms with van der Waals surface area (Å²) in [5, 5.41) is 3.51. The van der Waals surface area contributed by atoms with Crippen LogP contribution in [0.5, 0.6) is 0 Å². The fourth-order valence-corrected chi connectivity index (χ4v) is 6.62. The van der Waals surface area contributed by atoms with Crippen LogP contribution in [0.2, 0.25) is 0 Å². The van der Waals surface area contributed by atoms with E-state index in [0.717, 1.165) is 19.6 Å². The molecule has 3 aromatic carbocycles. The highest BCUT2D eigenvalue weighted by Gasteiger charge is 2.61. The second-order valence-corrected chi connectivity index (χ2v) is 10.5. The summed E-state index contributed by atoms with van der Waals surface area (Å²) >= 11 is 0. The predicted molar refractivity (Wildman–Crippen MR) is 146 cm³/mol. The summed E-state index contributed by atoms with van der Waals surface area (Å²) in [7, 11) is 0. The summed E-state index contributed by atoms with van der Waals surface area (Å²) in [4.78, 5) is 10.8. The maximum Gasteiger partial charge on any atom is 0.0916 e. The molecular weight excluding hydrogens is 476 g/mol. The van der Waals surface area contributed by atoms with Gasteiger partial charge >= 0.3 is 0 Å². The molecule has 4 aliphatic rings. The topological polar surface area (TPSA) is 76.9 Å². The van der Waals surface area contributed by atoms with Gasteiger partial charge in [0.1, 0.15) is 0 Å². The van der Waals surface area contributed by atoms with Gasteiger partial charge in [-0.25, -0.2) is 0 Å². The number of ether oxygens (including phenoxy) is 2. The zero-order valence-electron chi connectivity index (χ0n) is 21.5. The van der Waals surface area contributed by atoms with Crippen LogP contribution in [0.15, 0.2) is 96.1 Å². The number of azide groups is 1. The Morgan fingerprint density at radius 3 is 1.50 bits per heavy atom. The third kappa shape index (κ3) is 4.83. The summed E-state index contributed by atoms with van der Waals surface area (Å²) in [5.41, 5.74) is 12.4. The summed E-state index contributed by atoms with van der Waals surface area (Å²) in [6.07, 6.45) is 0.543. The number of hydrogen-bond acceptors (Lipinski definition) is 6. The second-order valence-electron chi connectivity index (χ2n) is 10.5. The molecule has 4 saturated heterocycles. The van der Waals surface area contributed by atoms with Crippen molar-refractivity contribution in [1.82, 2.24) is 14.7 Å². The van der Waals surface area contributed by atoms with E-state index in [-0.39, 0.29) is 23.9 Å². The van der Waals surface area contributed by atoms with Gasteiger partial charge in [-0.2, -0.15) is 0 Å². The van der Waals surface area contributed by atoms with Crippen LogP contribution in [0.1, 0.15) is 35.2 Å². The van der Waals surface area contributed by atoms with Gasteiger partial charge in [0.15, 0.2) is 0 Å². The van der Waals surface area contributed by atoms with Crippen molar-refractivity contribution < 1.29 is 9.47 Å². The summed E-state index contributed by atoms with van der Waals surface area (Å²) in [5.74, 6) is 0. The summed E-state index contributed by atoms with van der Waals surface area (Å²) in [6.45, 7) is 5.40. The molecule has 0 radical (unpaired) electrons. The van der Waals surface area contributed by atoms with Crippen LogP contribution in [-0.4, -0.2) is 67.3 Å². The van der Waals surface area contributed by atoms with E-state index in [1.54, 1.807) is 0 Å². The van der Waals surface area contributed by atoms with Crippen molar-refractivity contribution >= 4 is 0 Å². The Morgan fingerprint density at radius 2 is 1.08 bits per heavy atom. The minimum atomic E-state index is 0.00689. The van der Waals surface area contributed by atoms with Gasteiger partial charge < -0.3 is 9.47 Å². The lowest BCUT2D eigenvalue weighted by Gasteiger charge is -2.70. The first-order valence-corrected chi connectivity index (χ1v) is 13.4.